The molecule has 0 aromatic heterocycles. The van der Waals surface area contributed by atoms with Gasteiger partial charge in [-0.15, -0.1) is 0 Å². The first-order valence-corrected chi connectivity index (χ1v) is 7.19. The molecule has 2 aromatic rings. The first kappa shape index (κ1) is 15.5. The molecule has 0 unspecified atom stereocenters. The first-order chi connectivity index (χ1) is 9.87. The summed E-state index contributed by atoms with van der Waals surface area (Å²) in [6.07, 6.45) is 0. The largest absolute Gasteiger partial charge is 0.344 e. The molecule has 0 amide bonds. The number of halogens is 1. The molecule has 0 atom stereocenters. The molecule has 2 nitrogen and oxygen atoms in total. The number of para-hydroxylation sites is 1. The summed E-state index contributed by atoms with van der Waals surface area (Å²) in [5.74, 6) is -0.218. The maximum Gasteiger partial charge on any atom is 0.125 e. The van der Waals surface area contributed by atoms with Crippen LogP contribution < -0.4 is 10.2 Å². The number of benzene rings is 2. The van der Waals surface area contributed by atoms with Crippen LogP contribution in [0.3, 0.4) is 0 Å². The van der Waals surface area contributed by atoms with E-state index in [1.54, 1.807) is 12.1 Å². The molecule has 0 spiro atoms. The average molecular weight is 286 g/mol. The highest BCUT2D eigenvalue weighted by molar-refractivity contribution is 5.65. The van der Waals surface area contributed by atoms with Gasteiger partial charge in [-0.3, -0.25) is 0 Å². The lowest BCUT2D eigenvalue weighted by molar-refractivity contribution is 0.424. The van der Waals surface area contributed by atoms with Crippen molar-refractivity contribution in [3.8, 4) is 0 Å². The zero-order chi connectivity index (χ0) is 15.5. The van der Waals surface area contributed by atoms with Crippen molar-refractivity contribution in [3.63, 3.8) is 0 Å². The van der Waals surface area contributed by atoms with E-state index >= 15 is 0 Å². The summed E-state index contributed by atoms with van der Waals surface area (Å²) in [5.41, 5.74) is 3.18. The van der Waals surface area contributed by atoms with Gasteiger partial charge in [0, 0.05) is 30.5 Å². The summed E-state index contributed by atoms with van der Waals surface area (Å²) < 4.78 is 13.4. The van der Waals surface area contributed by atoms with Crippen LogP contribution in [0.25, 0.3) is 0 Å². The van der Waals surface area contributed by atoms with E-state index in [9.17, 15) is 4.39 Å². The molecule has 3 heteroatoms. The Morgan fingerprint density at radius 3 is 2.43 bits per heavy atom. The number of hydrogen-bond donors (Lipinski definition) is 1. The fourth-order valence-electron chi connectivity index (χ4n) is 2.17. The van der Waals surface area contributed by atoms with Crippen molar-refractivity contribution in [1.29, 1.82) is 0 Å². The molecule has 1 N–H and O–H groups in total. The Hall–Kier alpha value is -1.87. The van der Waals surface area contributed by atoms with Crippen LogP contribution >= 0.6 is 0 Å². The lowest BCUT2D eigenvalue weighted by Crippen LogP contribution is -2.35. The van der Waals surface area contributed by atoms with Gasteiger partial charge in [-0.2, -0.15) is 0 Å². The van der Waals surface area contributed by atoms with E-state index in [1.165, 1.54) is 11.6 Å². The molecular formula is C18H23FN2. The van der Waals surface area contributed by atoms with Crippen LogP contribution in [-0.2, 0) is 6.54 Å². The van der Waals surface area contributed by atoms with Crippen molar-refractivity contribution < 1.29 is 4.39 Å². The maximum absolute atomic E-state index is 13.4. The second-order valence-corrected chi connectivity index (χ2v) is 6.27. The topological polar surface area (TPSA) is 15.3 Å². The monoisotopic (exact) mass is 286 g/mol. The Bertz CT molecular complexity index is 602. The van der Waals surface area contributed by atoms with E-state index in [2.05, 4.69) is 38.2 Å². The van der Waals surface area contributed by atoms with Crippen LogP contribution in [0.1, 0.15) is 26.3 Å². The van der Waals surface area contributed by atoms with Crippen LogP contribution in [0.5, 0.6) is 0 Å². The van der Waals surface area contributed by atoms with E-state index in [0.29, 0.717) is 0 Å². The lowest BCUT2D eigenvalue weighted by atomic mass is 10.1. The van der Waals surface area contributed by atoms with Crippen LogP contribution in [0.2, 0.25) is 0 Å². The van der Waals surface area contributed by atoms with Crippen molar-refractivity contribution in [2.24, 2.45) is 0 Å². The van der Waals surface area contributed by atoms with Gasteiger partial charge in [-0.1, -0.05) is 24.3 Å². The summed E-state index contributed by atoms with van der Waals surface area (Å²) in [4.78, 5) is 2.02. The second-order valence-electron chi connectivity index (χ2n) is 6.27. The number of nitrogens with one attached hydrogen (secondary N) is 1. The molecule has 0 saturated carbocycles. The molecule has 0 bridgehead atoms. The molecule has 0 fully saturated rings. The van der Waals surface area contributed by atoms with Gasteiger partial charge < -0.3 is 10.2 Å². The zero-order valence-electron chi connectivity index (χ0n) is 13.2. The van der Waals surface area contributed by atoms with Gasteiger partial charge in [-0.05, 0) is 50.6 Å². The fourth-order valence-corrected chi connectivity index (χ4v) is 2.17. The number of nitrogens with zero attached hydrogens (tertiary/aromatic N) is 1. The third-order valence-electron chi connectivity index (χ3n) is 3.36. The van der Waals surface area contributed by atoms with Crippen molar-refractivity contribution in [2.75, 3.05) is 11.9 Å². The molecule has 21 heavy (non-hydrogen) atoms. The number of anilines is 2. The van der Waals surface area contributed by atoms with Gasteiger partial charge in [0.25, 0.3) is 0 Å². The van der Waals surface area contributed by atoms with E-state index < -0.39 is 0 Å². The normalized spacial score (nSPS) is 11.5. The van der Waals surface area contributed by atoms with Crippen molar-refractivity contribution in [3.05, 3.63) is 59.9 Å². The molecule has 0 heterocycles. The quantitative estimate of drug-likeness (QED) is 0.891. The summed E-state index contributed by atoms with van der Waals surface area (Å²) >= 11 is 0. The van der Waals surface area contributed by atoms with Crippen molar-refractivity contribution >= 4 is 11.4 Å². The van der Waals surface area contributed by atoms with Gasteiger partial charge in [0.05, 0.1) is 0 Å². The first-order valence-electron chi connectivity index (χ1n) is 7.19. The Morgan fingerprint density at radius 2 is 1.76 bits per heavy atom. The Kier molecular flexibility index (Phi) is 4.63. The third kappa shape index (κ3) is 4.30. The van der Waals surface area contributed by atoms with E-state index in [-0.39, 0.29) is 11.4 Å². The molecule has 2 aromatic carbocycles. The minimum atomic E-state index is -0.218. The highest BCUT2D eigenvalue weighted by Gasteiger charge is 2.13. The minimum absolute atomic E-state index is 0.0601. The Morgan fingerprint density at radius 1 is 1.05 bits per heavy atom. The number of rotatable bonds is 4. The van der Waals surface area contributed by atoms with Crippen LogP contribution in [0.4, 0.5) is 15.8 Å². The fraction of sp³-hybridized carbons (Fsp3) is 0.333. The Balaban J connectivity index is 2.27. The molecule has 2 rings (SSSR count). The summed E-state index contributed by atoms with van der Waals surface area (Å²) in [6, 6.07) is 14.9. The summed E-state index contributed by atoms with van der Waals surface area (Å²) in [5, 5.41) is 3.50. The molecular weight excluding hydrogens is 263 g/mol. The zero-order valence-corrected chi connectivity index (χ0v) is 13.2. The Labute approximate surface area is 126 Å². The standard InChI is InChI=1S/C18H23FN2/c1-18(2,3)20-13-14-8-5-6-11-17(14)21(4)16-10-7-9-15(19)12-16/h5-12,20H,13H2,1-4H3. The van der Waals surface area contributed by atoms with Crippen molar-refractivity contribution in [2.45, 2.75) is 32.9 Å². The number of hydrogen-bond acceptors (Lipinski definition) is 2. The van der Waals surface area contributed by atoms with E-state index in [0.717, 1.165) is 17.9 Å². The van der Waals surface area contributed by atoms with Crippen LogP contribution in [0, 0.1) is 5.82 Å². The molecule has 0 saturated heterocycles. The lowest BCUT2D eigenvalue weighted by Gasteiger charge is -2.25. The van der Waals surface area contributed by atoms with E-state index in [1.807, 2.05) is 30.1 Å². The molecule has 0 aliphatic rings. The molecule has 0 radical (unpaired) electrons. The van der Waals surface area contributed by atoms with Gasteiger partial charge in [-0.25, -0.2) is 4.39 Å². The van der Waals surface area contributed by atoms with Crippen molar-refractivity contribution in [1.82, 2.24) is 5.32 Å². The molecule has 0 aliphatic carbocycles. The predicted octanol–water partition coefficient (Wildman–Crippen LogP) is 4.48. The minimum Gasteiger partial charge on any atom is -0.344 e. The average Bonchev–Trinajstić information content (AvgIpc) is 2.44. The predicted molar refractivity (Wildman–Crippen MR) is 87.5 cm³/mol. The second kappa shape index (κ2) is 6.27. The van der Waals surface area contributed by atoms with Crippen LogP contribution in [0.15, 0.2) is 48.5 Å². The smallest absolute Gasteiger partial charge is 0.125 e. The van der Waals surface area contributed by atoms with Gasteiger partial charge in [0.1, 0.15) is 5.82 Å². The SMILES string of the molecule is CN(c1cccc(F)c1)c1ccccc1CNC(C)(C)C. The highest BCUT2D eigenvalue weighted by Crippen LogP contribution is 2.27. The van der Waals surface area contributed by atoms with Gasteiger partial charge in [0.2, 0.25) is 0 Å². The molecule has 112 valence electrons. The third-order valence-corrected chi connectivity index (χ3v) is 3.36. The highest BCUT2D eigenvalue weighted by atomic mass is 19.1. The summed E-state index contributed by atoms with van der Waals surface area (Å²) in [7, 11) is 1.96. The van der Waals surface area contributed by atoms with Crippen LogP contribution in [-0.4, -0.2) is 12.6 Å². The van der Waals surface area contributed by atoms with E-state index in [4.69, 9.17) is 0 Å². The molecule has 0 aliphatic heterocycles. The van der Waals surface area contributed by atoms with Gasteiger partial charge >= 0.3 is 0 Å². The summed E-state index contributed by atoms with van der Waals surface area (Å²) in [6.45, 7) is 7.21. The maximum atomic E-state index is 13.4. The van der Waals surface area contributed by atoms with Gasteiger partial charge in [0.15, 0.2) is 0 Å².